The average Bonchev–Trinajstić information content (AvgIpc) is 2.24. The first kappa shape index (κ1) is 15.3. The van der Waals surface area contributed by atoms with Crippen molar-refractivity contribution in [2.24, 2.45) is 5.41 Å². The molecule has 0 saturated carbocycles. The summed E-state index contributed by atoms with van der Waals surface area (Å²) in [6.45, 7) is 10.7. The van der Waals surface area contributed by atoms with Gasteiger partial charge in [-0.3, -0.25) is 0 Å². The van der Waals surface area contributed by atoms with Gasteiger partial charge in [-0.05, 0) is 32.4 Å². The first-order valence-electron chi connectivity index (χ1n) is 5.90. The maximum Gasteiger partial charge on any atom is 0.0703 e. The molecular weight excluding hydrogens is 208 g/mol. The molecule has 0 spiro atoms. The van der Waals surface area contributed by atoms with Crippen LogP contribution in [-0.2, 0) is 9.47 Å². The average molecular weight is 234 g/mol. The number of ether oxygens (including phenoxy) is 2. The lowest BCUT2D eigenvalue weighted by Gasteiger charge is -2.29. The molecule has 2 nitrogen and oxygen atoms in total. The van der Waals surface area contributed by atoms with Crippen LogP contribution in [0, 0.1) is 5.41 Å². The maximum atomic E-state index is 5.65. The Balaban J connectivity index is 3.63. The molecule has 3 heteroatoms. The van der Waals surface area contributed by atoms with Crippen LogP contribution in [0.4, 0.5) is 0 Å². The molecular formula is C12H26O2S. The molecule has 0 atom stereocenters. The molecule has 0 heterocycles. The van der Waals surface area contributed by atoms with E-state index in [9.17, 15) is 0 Å². The van der Waals surface area contributed by atoms with Gasteiger partial charge in [-0.15, -0.1) is 0 Å². The zero-order valence-electron chi connectivity index (χ0n) is 10.6. The zero-order chi connectivity index (χ0) is 11.7. The third-order valence-electron chi connectivity index (χ3n) is 2.92. The van der Waals surface area contributed by atoms with Crippen molar-refractivity contribution in [2.75, 3.05) is 25.6 Å². The van der Waals surface area contributed by atoms with E-state index in [1.165, 1.54) is 0 Å². The summed E-state index contributed by atoms with van der Waals surface area (Å²) >= 11 is 4.41. The zero-order valence-corrected chi connectivity index (χ0v) is 11.5. The number of hydrogen-bond donors (Lipinski definition) is 1. The van der Waals surface area contributed by atoms with Gasteiger partial charge in [0.1, 0.15) is 0 Å². The SMILES string of the molecule is CCC(CC)(CS)COCCOC(C)C. The number of rotatable bonds is 9. The van der Waals surface area contributed by atoms with Crippen molar-refractivity contribution in [3.8, 4) is 0 Å². The Morgan fingerprint density at radius 1 is 1.13 bits per heavy atom. The lowest BCUT2D eigenvalue weighted by atomic mass is 9.85. The summed E-state index contributed by atoms with van der Waals surface area (Å²) in [6.07, 6.45) is 2.54. The second-order valence-electron chi connectivity index (χ2n) is 4.34. The number of hydrogen-bond acceptors (Lipinski definition) is 3. The van der Waals surface area contributed by atoms with Gasteiger partial charge in [0.25, 0.3) is 0 Å². The Hall–Kier alpha value is 0.270. The van der Waals surface area contributed by atoms with E-state index < -0.39 is 0 Å². The van der Waals surface area contributed by atoms with E-state index in [2.05, 4.69) is 26.5 Å². The number of thiol groups is 1. The van der Waals surface area contributed by atoms with Gasteiger partial charge in [-0.2, -0.15) is 12.6 Å². The highest BCUT2D eigenvalue weighted by atomic mass is 32.1. The van der Waals surface area contributed by atoms with E-state index in [0.717, 1.165) is 25.2 Å². The summed E-state index contributed by atoms with van der Waals surface area (Å²) in [4.78, 5) is 0. The predicted octanol–water partition coefficient (Wildman–Crippen LogP) is 3.16. The summed E-state index contributed by atoms with van der Waals surface area (Å²) < 4.78 is 11.1. The van der Waals surface area contributed by atoms with Crippen molar-refractivity contribution >= 4 is 12.6 Å². The molecule has 0 bridgehead atoms. The molecule has 0 radical (unpaired) electrons. The smallest absolute Gasteiger partial charge is 0.0703 e. The van der Waals surface area contributed by atoms with Crippen LogP contribution in [-0.4, -0.2) is 31.7 Å². The standard InChI is InChI=1S/C12H26O2S/c1-5-12(6-2,10-15)9-13-7-8-14-11(3)4/h11,15H,5-10H2,1-4H3. The monoisotopic (exact) mass is 234 g/mol. The maximum absolute atomic E-state index is 5.65. The van der Waals surface area contributed by atoms with Crippen LogP contribution in [0.2, 0.25) is 0 Å². The quantitative estimate of drug-likeness (QED) is 0.488. The summed E-state index contributed by atoms with van der Waals surface area (Å²) in [5, 5.41) is 0. The van der Waals surface area contributed by atoms with Crippen molar-refractivity contribution in [1.29, 1.82) is 0 Å². The van der Waals surface area contributed by atoms with E-state index in [4.69, 9.17) is 9.47 Å². The molecule has 92 valence electrons. The van der Waals surface area contributed by atoms with Crippen molar-refractivity contribution in [1.82, 2.24) is 0 Å². The molecule has 0 saturated heterocycles. The Morgan fingerprint density at radius 3 is 2.13 bits per heavy atom. The highest BCUT2D eigenvalue weighted by Crippen LogP contribution is 2.27. The highest BCUT2D eigenvalue weighted by molar-refractivity contribution is 7.80. The minimum absolute atomic E-state index is 0.251. The van der Waals surface area contributed by atoms with Gasteiger partial charge in [0.05, 0.1) is 25.9 Å². The van der Waals surface area contributed by atoms with Gasteiger partial charge in [-0.1, -0.05) is 13.8 Å². The molecule has 0 aliphatic carbocycles. The van der Waals surface area contributed by atoms with Crippen LogP contribution < -0.4 is 0 Å². The Labute approximate surface area is 100 Å². The van der Waals surface area contributed by atoms with Crippen LogP contribution in [0.15, 0.2) is 0 Å². The molecule has 0 aliphatic rings. The fraction of sp³-hybridized carbons (Fsp3) is 1.00. The molecule has 0 aromatic heterocycles. The molecule has 0 aliphatic heterocycles. The van der Waals surface area contributed by atoms with Crippen LogP contribution in [0.1, 0.15) is 40.5 Å². The van der Waals surface area contributed by atoms with E-state index in [1.54, 1.807) is 0 Å². The molecule has 0 aromatic carbocycles. The van der Waals surface area contributed by atoms with Crippen LogP contribution >= 0.6 is 12.6 Å². The molecule has 0 rings (SSSR count). The summed E-state index contributed by atoms with van der Waals surface area (Å²) in [5.74, 6) is 0.894. The lowest BCUT2D eigenvalue weighted by molar-refractivity contribution is -0.00768. The van der Waals surface area contributed by atoms with Crippen LogP contribution in [0.5, 0.6) is 0 Å². The fourth-order valence-corrected chi connectivity index (χ4v) is 1.89. The van der Waals surface area contributed by atoms with Crippen molar-refractivity contribution < 1.29 is 9.47 Å². The van der Waals surface area contributed by atoms with E-state index in [-0.39, 0.29) is 5.41 Å². The normalized spacial score (nSPS) is 12.4. The van der Waals surface area contributed by atoms with Gasteiger partial charge >= 0.3 is 0 Å². The fourth-order valence-electron chi connectivity index (χ4n) is 1.35. The van der Waals surface area contributed by atoms with E-state index in [0.29, 0.717) is 19.3 Å². The van der Waals surface area contributed by atoms with Crippen molar-refractivity contribution in [3.63, 3.8) is 0 Å². The predicted molar refractivity (Wildman–Crippen MR) is 68.8 cm³/mol. The Kier molecular flexibility index (Phi) is 8.58. The minimum Gasteiger partial charge on any atom is -0.378 e. The molecule has 0 aromatic rings. The van der Waals surface area contributed by atoms with Crippen molar-refractivity contribution in [2.45, 2.75) is 46.6 Å². The van der Waals surface area contributed by atoms with Gasteiger partial charge in [0.2, 0.25) is 0 Å². The lowest BCUT2D eigenvalue weighted by Crippen LogP contribution is -2.28. The Morgan fingerprint density at radius 2 is 1.73 bits per heavy atom. The topological polar surface area (TPSA) is 18.5 Å². The van der Waals surface area contributed by atoms with E-state index >= 15 is 0 Å². The second kappa shape index (κ2) is 8.43. The van der Waals surface area contributed by atoms with Gasteiger partial charge in [-0.25, -0.2) is 0 Å². The molecule has 15 heavy (non-hydrogen) atoms. The molecule has 0 N–H and O–H groups in total. The first-order chi connectivity index (χ1) is 7.10. The molecule has 0 unspecified atom stereocenters. The Bertz CT molecular complexity index is 136. The van der Waals surface area contributed by atoms with E-state index in [1.807, 2.05) is 13.8 Å². The minimum atomic E-state index is 0.251. The van der Waals surface area contributed by atoms with Gasteiger partial charge < -0.3 is 9.47 Å². The van der Waals surface area contributed by atoms with Gasteiger partial charge in [0.15, 0.2) is 0 Å². The third-order valence-corrected chi connectivity index (χ3v) is 3.59. The first-order valence-corrected chi connectivity index (χ1v) is 6.53. The molecule has 0 fully saturated rings. The summed E-state index contributed by atoms with van der Waals surface area (Å²) in [7, 11) is 0. The molecule has 0 amide bonds. The third kappa shape index (κ3) is 6.44. The highest BCUT2D eigenvalue weighted by Gasteiger charge is 2.24. The summed E-state index contributed by atoms with van der Waals surface area (Å²) in [5.41, 5.74) is 0.251. The second-order valence-corrected chi connectivity index (χ2v) is 4.65. The largest absolute Gasteiger partial charge is 0.378 e. The van der Waals surface area contributed by atoms with Gasteiger partial charge in [0, 0.05) is 5.41 Å². The summed E-state index contributed by atoms with van der Waals surface area (Å²) in [6, 6.07) is 0. The van der Waals surface area contributed by atoms with Crippen LogP contribution in [0.25, 0.3) is 0 Å². The van der Waals surface area contributed by atoms with Crippen LogP contribution in [0.3, 0.4) is 0 Å². The van der Waals surface area contributed by atoms with Crippen molar-refractivity contribution in [3.05, 3.63) is 0 Å².